The Balaban J connectivity index is 1.71. The third kappa shape index (κ3) is 3.29. The zero-order valence-electron chi connectivity index (χ0n) is 12.5. The standard InChI is InChI=1S/C15H29N3O/c1-15(9-5-8-13(15)16)14(19)17-10-11-18(2)12-6-3-4-7-12/h12-13H,3-11,16H2,1-2H3,(H,17,19). The molecule has 0 saturated heterocycles. The average Bonchev–Trinajstić information content (AvgIpc) is 3.01. The van der Waals surface area contributed by atoms with E-state index in [-0.39, 0.29) is 17.4 Å². The predicted molar refractivity (Wildman–Crippen MR) is 77.8 cm³/mol. The van der Waals surface area contributed by atoms with E-state index >= 15 is 0 Å². The van der Waals surface area contributed by atoms with Crippen LogP contribution in [-0.2, 0) is 4.79 Å². The topological polar surface area (TPSA) is 58.4 Å². The van der Waals surface area contributed by atoms with Crippen molar-refractivity contribution in [2.45, 2.75) is 64.0 Å². The molecule has 0 radical (unpaired) electrons. The van der Waals surface area contributed by atoms with Crippen molar-refractivity contribution in [3.63, 3.8) is 0 Å². The van der Waals surface area contributed by atoms with E-state index in [1.165, 1.54) is 25.7 Å². The van der Waals surface area contributed by atoms with Crippen LogP contribution in [0.4, 0.5) is 0 Å². The molecule has 2 rings (SSSR count). The highest BCUT2D eigenvalue weighted by atomic mass is 16.2. The zero-order chi connectivity index (χ0) is 13.9. The molecule has 2 aliphatic rings. The van der Waals surface area contributed by atoms with Crippen LogP contribution in [0.2, 0.25) is 0 Å². The second kappa shape index (κ2) is 6.23. The summed E-state index contributed by atoms with van der Waals surface area (Å²) >= 11 is 0. The van der Waals surface area contributed by atoms with Gasteiger partial charge in [0.1, 0.15) is 0 Å². The number of hydrogen-bond donors (Lipinski definition) is 2. The van der Waals surface area contributed by atoms with E-state index in [4.69, 9.17) is 5.73 Å². The number of nitrogens with one attached hydrogen (secondary N) is 1. The Bertz CT molecular complexity index is 315. The summed E-state index contributed by atoms with van der Waals surface area (Å²) in [5, 5.41) is 3.09. The minimum Gasteiger partial charge on any atom is -0.354 e. The van der Waals surface area contributed by atoms with Crippen LogP contribution in [0.5, 0.6) is 0 Å². The summed E-state index contributed by atoms with van der Waals surface area (Å²) in [4.78, 5) is 14.7. The Morgan fingerprint density at radius 2 is 2.00 bits per heavy atom. The summed E-state index contributed by atoms with van der Waals surface area (Å²) in [6, 6.07) is 0.751. The van der Waals surface area contributed by atoms with Crippen molar-refractivity contribution in [2.24, 2.45) is 11.1 Å². The van der Waals surface area contributed by atoms with Crippen molar-refractivity contribution >= 4 is 5.91 Å². The molecule has 2 unspecified atom stereocenters. The van der Waals surface area contributed by atoms with Crippen molar-refractivity contribution in [2.75, 3.05) is 20.1 Å². The van der Waals surface area contributed by atoms with Crippen molar-refractivity contribution in [1.82, 2.24) is 10.2 Å². The monoisotopic (exact) mass is 267 g/mol. The van der Waals surface area contributed by atoms with Crippen LogP contribution in [0.3, 0.4) is 0 Å². The third-order valence-electron chi connectivity index (χ3n) is 5.25. The normalized spacial score (nSPS) is 32.1. The van der Waals surface area contributed by atoms with E-state index in [0.29, 0.717) is 0 Å². The largest absolute Gasteiger partial charge is 0.354 e. The lowest BCUT2D eigenvalue weighted by molar-refractivity contribution is -0.130. The molecule has 0 bridgehead atoms. The van der Waals surface area contributed by atoms with Gasteiger partial charge in [0.25, 0.3) is 0 Å². The van der Waals surface area contributed by atoms with Gasteiger partial charge in [0.15, 0.2) is 0 Å². The second-order valence-electron chi connectivity index (χ2n) is 6.59. The van der Waals surface area contributed by atoms with Gasteiger partial charge in [-0.15, -0.1) is 0 Å². The molecule has 19 heavy (non-hydrogen) atoms. The summed E-state index contributed by atoms with van der Waals surface area (Å²) in [5.41, 5.74) is 5.73. The highest BCUT2D eigenvalue weighted by Gasteiger charge is 2.42. The molecule has 0 spiro atoms. The Kier molecular flexibility index (Phi) is 4.85. The first kappa shape index (κ1) is 14.8. The van der Waals surface area contributed by atoms with Crippen LogP contribution in [-0.4, -0.2) is 43.0 Å². The quantitative estimate of drug-likeness (QED) is 0.793. The summed E-state index contributed by atoms with van der Waals surface area (Å²) in [7, 11) is 2.17. The molecule has 110 valence electrons. The van der Waals surface area contributed by atoms with Gasteiger partial charge in [-0.05, 0) is 39.7 Å². The van der Waals surface area contributed by atoms with E-state index in [9.17, 15) is 4.79 Å². The maximum atomic E-state index is 12.3. The Labute approximate surface area is 117 Å². The number of hydrogen-bond acceptors (Lipinski definition) is 3. The molecule has 0 heterocycles. The lowest BCUT2D eigenvalue weighted by Crippen LogP contribution is -2.49. The van der Waals surface area contributed by atoms with Gasteiger partial charge in [-0.25, -0.2) is 0 Å². The number of rotatable bonds is 5. The highest BCUT2D eigenvalue weighted by molar-refractivity contribution is 5.83. The fourth-order valence-electron chi connectivity index (χ4n) is 3.55. The molecule has 2 fully saturated rings. The molecule has 2 atom stereocenters. The molecule has 2 saturated carbocycles. The smallest absolute Gasteiger partial charge is 0.227 e. The third-order valence-corrected chi connectivity index (χ3v) is 5.25. The van der Waals surface area contributed by atoms with Crippen LogP contribution < -0.4 is 11.1 Å². The van der Waals surface area contributed by atoms with Crippen LogP contribution in [0.25, 0.3) is 0 Å². The molecule has 0 aromatic heterocycles. The van der Waals surface area contributed by atoms with E-state index in [1.54, 1.807) is 0 Å². The van der Waals surface area contributed by atoms with Gasteiger partial charge < -0.3 is 16.0 Å². The van der Waals surface area contributed by atoms with Gasteiger partial charge in [-0.2, -0.15) is 0 Å². The van der Waals surface area contributed by atoms with E-state index in [1.807, 2.05) is 6.92 Å². The average molecular weight is 267 g/mol. The number of carbonyl (C=O) groups is 1. The van der Waals surface area contributed by atoms with Gasteiger partial charge >= 0.3 is 0 Å². The molecule has 0 aromatic carbocycles. The molecule has 1 amide bonds. The molecule has 0 aromatic rings. The molecule has 2 aliphatic carbocycles. The number of amides is 1. The van der Waals surface area contributed by atoms with E-state index in [0.717, 1.165) is 38.4 Å². The number of likely N-dealkylation sites (N-methyl/N-ethyl adjacent to an activating group) is 1. The van der Waals surface area contributed by atoms with Crippen LogP contribution in [0, 0.1) is 5.41 Å². The minimum atomic E-state index is -0.341. The lowest BCUT2D eigenvalue weighted by Gasteiger charge is -2.29. The molecule has 0 aliphatic heterocycles. The first-order valence-corrected chi connectivity index (χ1v) is 7.78. The lowest BCUT2D eigenvalue weighted by atomic mass is 9.84. The van der Waals surface area contributed by atoms with Gasteiger partial charge in [0.2, 0.25) is 5.91 Å². The van der Waals surface area contributed by atoms with Crippen LogP contribution in [0.15, 0.2) is 0 Å². The highest BCUT2D eigenvalue weighted by Crippen LogP contribution is 2.36. The van der Waals surface area contributed by atoms with Gasteiger partial charge in [0.05, 0.1) is 5.41 Å². The molecular formula is C15H29N3O. The fourth-order valence-corrected chi connectivity index (χ4v) is 3.55. The maximum Gasteiger partial charge on any atom is 0.227 e. The Morgan fingerprint density at radius 3 is 2.58 bits per heavy atom. The SMILES string of the molecule is CN(CCNC(=O)C1(C)CCCC1N)C1CCCC1. The predicted octanol–water partition coefficient (Wildman–Crippen LogP) is 1.49. The van der Waals surface area contributed by atoms with E-state index < -0.39 is 0 Å². The van der Waals surface area contributed by atoms with Crippen LogP contribution in [0.1, 0.15) is 51.9 Å². The first-order valence-electron chi connectivity index (χ1n) is 7.78. The first-order chi connectivity index (χ1) is 9.04. The Morgan fingerprint density at radius 1 is 1.32 bits per heavy atom. The van der Waals surface area contributed by atoms with Crippen LogP contribution >= 0.6 is 0 Å². The molecule has 4 nitrogen and oxygen atoms in total. The Hall–Kier alpha value is -0.610. The zero-order valence-corrected chi connectivity index (χ0v) is 12.5. The van der Waals surface area contributed by atoms with E-state index in [2.05, 4.69) is 17.3 Å². The summed E-state index contributed by atoms with van der Waals surface area (Å²) < 4.78 is 0. The molecular weight excluding hydrogens is 238 g/mol. The van der Waals surface area contributed by atoms with Gasteiger partial charge in [0, 0.05) is 25.2 Å². The number of nitrogens with two attached hydrogens (primary N) is 1. The van der Waals surface area contributed by atoms with Gasteiger partial charge in [-0.1, -0.05) is 19.3 Å². The molecule has 3 N–H and O–H groups in total. The fraction of sp³-hybridized carbons (Fsp3) is 0.933. The second-order valence-corrected chi connectivity index (χ2v) is 6.59. The number of carbonyl (C=O) groups excluding carboxylic acids is 1. The minimum absolute atomic E-state index is 0.0278. The van der Waals surface area contributed by atoms with Crippen molar-refractivity contribution < 1.29 is 4.79 Å². The van der Waals surface area contributed by atoms with Crippen molar-refractivity contribution in [1.29, 1.82) is 0 Å². The van der Waals surface area contributed by atoms with Crippen molar-refractivity contribution in [3.05, 3.63) is 0 Å². The summed E-state index contributed by atoms with van der Waals surface area (Å²) in [5.74, 6) is 0.150. The number of nitrogens with zero attached hydrogens (tertiary/aromatic N) is 1. The molecule has 4 heteroatoms. The summed E-state index contributed by atoms with van der Waals surface area (Å²) in [6.45, 7) is 3.70. The summed E-state index contributed by atoms with van der Waals surface area (Å²) in [6.07, 6.45) is 8.32. The maximum absolute atomic E-state index is 12.3. The van der Waals surface area contributed by atoms with Gasteiger partial charge in [-0.3, -0.25) is 4.79 Å². The van der Waals surface area contributed by atoms with Crippen molar-refractivity contribution in [3.8, 4) is 0 Å².